The Hall–Kier alpha value is -3.69. The molecule has 1 aromatic carbocycles. The number of nitrogens with zero attached hydrogens (tertiary/aromatic N) is 5. The van der Waals surface area contributed by atoms with Crippen LogP contribution in [0, 0.1) is 24.0 Å². The summed E-state index contributed by atoms with van der Waals surface area (Å²) in [4.78, 5) is 45.4. The molecule has 1 aromatic heterocycles. The highest BCUT2D eigenvalue weighted by Gasteiger charge is 2.31. The third-order valence-corrected chi connectivity index (χ3v) is 5.53. The number of aryl methyl sites for hydroxylation is 2. The maximum absolute atomic E-state index is 13.1. The number of carbonyl (C=O) groups is 2. The molecule has 0 radical (unpaired) electrons. The van der Waals surface area contributed by atoms with Crippen LogP contribution in [0.3, 0.4) is 0 Å². The molecule has 31 heavy (non-hydrogen) atoms. The van der Waals surface area contributed by atoms with Crippen LogP contribution in [0.15, 0.2) is 30.5 Å². The van der Waals surface area contributed by atoms with E-state index in [4.69, 9.17) is 4.74 Å². The van der Waals surface area contributed by atoms with E-state index in [9.17, 15) is 19.7 Å². The van der Waals surface area contributed by atoms with E-state index in [0.29, 0.717) is 38.4 Å². The molecule has 0 saturated carbocycles. The molecule has 0 aliphatic carbocycles. The van der Waals surface area contributed by atoms with Gasteiger partial charge in [-0.1, -0.05) is 6.07 Å². The number of carbonyl (C=O) groups excluding carboxylic acids is 2. The fraction of sp³-hybridized carbons (Fsp3) is 0.381. The fourth-order valence-electron chi connectivity index (χ4n) is 3.98. The van der Waals surface area contributed by atoms with Crippen LogP contribution >= 0.6 is 0 Å². The van der Waals surface area contributed by atoms with E-state index >= 15 is 0 Å². The van der Waals surface area contributed by atoms with Gasteiger partial charge in [0.05, 0.1) is 17.2 Å². The van der Waals surface area contributed by atoms with E-state index in [1.165, 1.54) is 17.0 Å². The molecule has 3 heterocycles. The fourth-order valence-corrected chi connectivity index (χ4v) is 3.98. The number of anilines is 2. The molecule has 162 valence electrons. The van der Waals surface area contributed by atoms with E-state index in [1.807, 2.05) is 20.0 Å². The summed E-state index contributed by atoms with van der Waals surface area (Å²) in [5, 5.41) is 11.6. The minimum atomic E-state index is -0.589. The zero-order valence-corrected chi connectivity index (χ0v) is 17.4. The molecule has 0 atom stereocenters. The second-order valence-electron chi connectivity index (χ2n) is 7.66. The monoisotopic (exact) mass is 425 g/mol. The highest BCUT2D eigenvalue weighted by atomic mass is 16.6. The summed E-state index contributed by atoms with van der Waals surface area (Å²) in [5.74, 6) is 0.501. The van der Waals surface area contributed by atoms with Gasteiger partial charge in [-0.15, -0.1) is 0 Å². The molecule has 2 fully saturated rings. The van der Waals surface area contributed by atoms with Gasteiger partial charge in [0.25, 0.3) is 11.6 Å². The van der Waals surface area contributed by atoms with Gasteiger partial charge in [-0.25, -0.2) is 9.78 Å². The highest BCUT2D eigenvalue weighted by molar-refractivity contribution is 6.00. The number of hydrogen-bond acceptors (Lipinski definition) is 7. The first-order chi connectivity index (χ1) is 14.8. The number of ether oxygens (including phenoxy) is 1. The van der Waals surface area contributed by atoms with Gasteiger partial charge in [-0.05, 0) is 37.1 Å². The second kappa shape index (κ2) is 8.21. The van der Waals surface area contributed by atoms with Crippen LogP contribution in [0.25, 0.3) is 0 Å². The standard InChI is InChI=1S/C21H23N5O5/c1-14-11-15(2)19(22-13-14)23-5-7-24(8-6-23)20(27)17-4-3-16(12-18(17)26(29)30)25-9-10-31-21(25)28/h3-4,11-13H,5-10H2,1-2H3. The number of cyclic esters (lactones) is 1. The zero-order valence-electron chi connectivity index (χ0n) is 17.4. The predicted octanol–water partition coefficient (Wildman–Crippen LogP) is 2.53. The lowest BCUT2D eigenvalue weighted by atomic mass is 10.1. The molecular formula is C21H23N5O5. The molecule has 2 aliphatic rings. The number of pyridine rings is 1. The normalized spacial score (nSPS) is 16.5. The maximum Gasteiger partial charge on any atom is 0.414 e. The van der Waals surface area contributed by atoms with Crippen molar-refractivity contribution >= 4 is 29.2 Å². The molecule has 0 spiro atoms. The number of benzene rings is 1. The summed E-state index contributed by atoms with van der Waals surface area (Å²) in [5.41, 5.74) is 2.20. The van der Waals surface area contributed by atoms with Crippen LogP contribution in [-0.2, 0) is 4.74 Å². The van der Waals surface area contributed by atoms with Crippen LogP contribution in [0.4, 0.5) is 22.0 Å². The number of nitro benzene ring substituents is 1. The van der Waals surface area contributed by atoms with Gasteiger partial charge in [0.15, 0.2) is 0 Å². The molecule has 2 saturated heterocycles. The number of nitro groups is 1. The molecule has 10 nitrogen and oxygen atoms in total. The minimum Gasteiger partial charge on any atom is -0.447 e. The Morgan fingerprint density at radius 3 is 2.48 bits per heavy atom. The predicted molar refractivity (Wildman–Crippen MR) is 114 cm³/mol. The van der Waals surface area contributed by atoms with E-state index in [0.717, 1.165) is 16.9 Å². The molecule has 0 unspecified atom stereocenters. The van der Waals surface area contributed by atoms with E-state index in [1.54, 1.807) is 11.0 Å². The SMILES string of the molecule is Cc1cnc(N2CCN(C(=O)c3ccc(N4CCOC4=O)cc3[N+](=O)[O-])CC2)c(C)c1. The Kier molecular flexibility index (Phi) is 5.45. The summed E-state index contributed by atoms with van der Waals surface area (Å²) in [7, 11) is 0. The molecule has 10 heteroatoms. The Morgan fingerprint density at radius 1 is 1.13 bits per heavy atom. The van der Waals surface area contributed by atoms with Crippen molar-refractivity contribution in [2.24, 2.45) is 0 Å². The van der Waals surface area contributed by atoms with Gasteiger partial charge >= 0.3 is 6.09 Å². The third-order valence-electron chi connectivity index (χ3n) is 5.53. The summed E-state index contributed by atoms with van der Waals surface area (Å²) >= 11 is 0. The number of aromatic nitrogens is 1. The first kappa shape index (κ1) is 20.6. The van der Waals surface area contributed by atoms with Crippen LogP contribution in [0.2, 0.25) is 0 Å². The lowest BCUT2D eigenvalue weighted by Gasteiger charge is -2.36. The van der Waals surface area contributed by atoms with Crippen molar-refractivity contribution in [3.05, 3.63) is 57.3 Å². The molecule has 0 bridgehead atoms. The Bertz CT molecular complexity index is 1050. The summed E-state index contributed by atoms with van der Waals surface area (Å²) < 4.78 is 4.89. The molecule has 2 amide bonds. The van der Waals surface area contributed by atoms with Gasteiger partial charge in [-0.2, -0.15) is 0 Å². The smallest absolute Gasteiger partial charge is 0.414 e. The van der Waals surface area contributed by atoms with E-state index in [2.05, 4.69) is 16.0 Å². The maximum atomic E-state index is 13.1. The lowest BCUT2D eigenvalue weighted by molar-refractivity contribution is -0.385. The molecule has 0 N–H and O–H groups in total. The molecule has 2 aromatic rings. The third kappa shape index (κ3) is 4.00. The van der Waals surface area contributed by atoms with Gasteiger partial charge in [0, 0.05) is 38.4 Å². The average molecular weight is 425 g/mol. The van der Waals surface area contributed by atoms with Crippen molar-refractivity contribution in [3.8, 4) is 0 Å². The summed E-state index contributed by atoms with van der Waals surface area (Å²) in [6.07, 6.45) is 1.27. The lowest BCUT2D eigenvalue weighted by Crippen LogP contribution is -2.49. The Morgan fingerprint density at radius 2 is 1.87 bits per heavy atom. The van der Waals surface area contributed by atoms with Crippen molar-refractivity contribution in [1.29, 1.82) is 0 Å². The highest BCUT2D eigenvalue weighted by Crippen LogP contribution is 2.29. The van der Waals surface area contributed by atoms with Crippen LogP contribution in [-0.4, -0.2) is 66.1 Å². The van der Waals surface area contributed by atoms with Crippen LogP contribution in [0.5, 0.6) is 0 Å². The van der Waals surface area contributed by atoms with Crippen molar-refractivity contribution < 1.29 is 19.2 Å². The van der Waals surface area contributed by atoms with E-state index < -0.39 is 16.9 Å². The Balaban J connectivity index is 1.50. The quantitative estimate of drug-likeness (QED) is 0.547. The number of hydrogen-bond donors (Lipinski definition) is 0. The molecular weight excluding hydrogens is 402 g/mol. The van der Waals surface area contributed by atoms with Gasteiger partial charge in [0.2, 0.25) is 0 Å². The largest absolute Gasteiger partial charge is 0.447 e. The first-order valence-corrected chi connectivity index (χ1v) is 10.1. The number of rotatable bonds is 4. The van der Waals surface area contributed by atoms with Crippen molar-refractivity contribution in [2.75, 3.05) is 49.1 Å². The number of piperazine rings is 1. The summed E-state index contributed by atoms with van der Waals surface area (Å²) in [6, 6.07) is 6.29. The van der Waals surface area contributed by atoms with Crippen molar-refractivity contribution in [1.82, 2.24) is 9.88 Å². The Labute approximate surface area is 179 Å². The first-order valence-electron chi connectivity index (χ1n) is 10.1. The van der Waals surface area contributed by atoms with Crippen LogP contribution in [0.1, 0.15) is 21.5 Å². The number of amides is 2. The van der Waals surface area contributed by atoms with Gasteiger partial charge in [0.1, 0.15) is 18.0 Å². The average Bonchev–Trinajstić information content (AvgIpc) is 3.19. The van der Waals surface area contributed by atoms with E-state index in [-0.39, 0.29) is 17.9 Å². The van der Waals surface area contributed by atoms with Gasteiger partial charge < -0.3 is 14.5 Å². The molecule has 4 rings (SSSR count). The van der Waals surface area contributed by atoms with Crippen molar-refractivity contribution in [2.45, 2.75) is 13.8 Å². The molecule has 2 aliphatic heterocycles. The van der Waals surface area contributed by atoms with Gasteiger partial charge in [-0.3, -0.25) is 19.8 Å². The van der Waals surface area contributed by atoms with Crippen LogP contribution < -0.4 is 9.80 Å². The topological polar surface area (TPSA) is 109 Å². The zero-order chi connectivity index (χ0) is 22.1. The second-order valence-corrected chi connectivity index (χ2v) is 7.66. The summed E-state index contributed by atoms with van der Waals surface area (Å²) in [6.45, 7) is 6.60. The van der Waals surface area contributed by atoms with Crippen molar-refractivity contribution in [3.63, 3.8) is 0 Å². The minimum absolute atomic E-state index is 0.0133.